The van der Waals surface area contributed by atoms with E-state index in [1.165, 1.54) is 29.6 Å². The molecule has 1 atom stereocenters. The van der Waals surface area contributed by atoms with Crippen LogP contribution in [0.5, 0.6) is 5.75 Å². The van der Waals surface area contributed by atoms with Crippen LogP contribution in [0.2, 0.25) is 0 Å². The van der Waals surface area contributed by atoms with Crippen molar-refractivity contribution in [2.24, 2.45) is 0 Å². The highest BCUT2D eigenvalue weighted by molar-refractivity contribution is 7.86. The third kappa shape index (κ3) is 6.43. The lowest BCUT2D eigenvalue weighted by atomic mass is 10.3. The largest absolute Gasteiger partial charge is 0.491 e. The number of benzene rings is 1. The molecule has 152 valence electrons. The molecule has 1 fully saturated rings. The molecule has 1 aromatic rings. The topological polar surface area (TPSA) is 102 Å². The van der Waals surface area contributed by atoms with Crippen LogP contribution in [0.1, 0.15) is 6.92 Å². The number of aliphatic hydroxyl groups excluding tert-OH is 1. The van der Waals surface area contributed by atoms with Crippen LogP contribution < -0.4 is 10.1 Å². The molecule has 1 aromatic carbocycles. The highest BCUT2D eigenvalue weighted by atomic mass is 32.2. The summed E-state index contributed by atoms with van der Waals surface area (Å²) in [5.74, 6) is 0.461. The van der Waals surface area contributed by atoms with Gasteiger partial charge in [-0.1, -0.05) is 0 Å². The molecule has 1 amide bonds. The number of aliphatic hydroxyl groups is 1. The number of nitrogens with one attached hydrogen (secondary N) is 1. The average molecular weight is 401 g/mol. The van der Waals surface area contributed by atoms with Crippen LogP contribution in [0.4, 0.5) is 5.69 Å². The van der Waals surface area contributed by atoms with Crippen LogP contribution in [0.15, 0.2) is 24.3 Å². The smallest absolute Gasteiger partial charge is 0.281 e. The van der Waals surface area contributed by atoms with Crippen molar-refractivity contribution >= 4 is 21.8 Å². The van der Waals surface area contributed by atoms with Crippen LogP contribution in [0, 0.1) is 0 Å². The maximum Gasteiger partial charge on any atom is 0.281 e. The zero-order valence-corrected chi connectivity index (χ0v) is 16.8. The van der Waals surface area contributed by atoms with E-state index < -0.39 is 16.3 Å². The molecule has 10 heteroatoms. The molecule has 1 unspecified atom stereocenters. The second-order valence-corrected chi connectivity index (χ2v) is 8.80. The molecule has 0 aromatic heterocycles. The highest BCUT2D eigenvalue weighted by Gasteiger charge is 2.29. The number of hydrogen-bond acceptors (Lipinski definition) is 6. The lowest BCUT2D eigenvalue weighted by Crippen LogP contribution is -2.53. The summed E-state index contributed by atoms with van der Waals surface area (Å²) in [5.41, 5.74) is 0.681. The summed E-state index contributed by atoms with van der Waals surface area (Å²) in [4.78, 5) is 13.0. The minimum atomic E-state index is -3.38. The van der Waals surface area contributed by atoms with Gasteiger partial charge in [0.25, 0.3) is 10.2 Å². The first-order valence-electron chi connectivity index (χ1n) is 8.77. The summed E-state index contributed by atoms with van der Waals surface area (Å²) in [6, 6.07) is 6.91. The van der Waals surface area contributed by atoms with Gasteiger partial charge < -0.3 is 15.2 Å². The number of rotatable bonds is 8. The molecule has 1 aliphatic heterocycles. The number of β-amino-alcohol motifs (C(OH)–C–C–N with tert-alkyl or cyclic N) is 1. The molecule has 2 rings (SSSR count). The average Bonchev–Trinajstić information content (AvgIpc) is 2.61. The molecule has 2 N–H and O–H groups in total. The van der Waals surface area contributed by atoms with Gasteiger partial charge >= 0.3 is 0 Å². The fourth-order valence-electron chi connectivity index (χ4n) is 2.75. The molecular weight excluding hydrogens is 372 g/mol. The molecule has 0 bridgehead atoms. The second-order valence-electron chi connectivity index (χ2n) is 6.66. The van der Waals surface area contributed by atoms with E-state index in [-0.39, 0.29) is 12.5 Å². The Morgan fingerprint density at radius 1 is 1.22 bits per heavy atom. The van der Waals surface area contributed by atoms with Gasteiger partial charge in [-0.05, 0) is 24.3 Å². The number of piperazine rings is 1. The summed E-state index contributed by atoms with van der Waals surface area (Å²) >= 11 is 0. The first kappa shape index (κ1) is 21.6. The van der Waals surface area contributed by atoms with Crippen LogP contribution in [-0.2, 0) is 15.0 Å². The first-order chi connectivity index (χ1) is 12.7. The maximum atomic E-state index is 12.1. The van der Waals surface area contributed by atoms with Crippen molar-refractivity contribution in [3.63, 3.8) is 0 Å². The first-order valence-corrected chi connectivity index (χ1v) is 10.2. The lowest BCUT2D eigenvalue weighted by molar-refractivity contribution is -0.114. The fourth-order valence-corrected chi connectivity index (χ4v) is 3.84. The Kier molecular flexibility index (Phi) is 7.57. The fraction of sp³-hybridized carbons (Fsp3) is 0.588. The lowest BCUT2D eigenvalue weighted by Gasteiger charge is -2.35. The number of ether oxygens (including phenoxy) is 1. The highest BCUT2D eigenvalue weighted by Crippen LogP contribution is 2.16. The van der Waals surface area contributed by atoms with E-state index in [1.807, 2.05) is 4.90 Å². The van der Waals surface area contributed by atoms with E-state index in [4.69, 9.17) is 4.74 Å². The van der Waals surface area contributed by atoms with Gasteiger partial charge in [-0.25, -0.2) is 0 Å². The molecule has 1 aliphatic rings. The predicted octanol–water partition coefficient (Wildman–Crippen LogP) is -0.191. The Labute approximate surface area is 160 Å². The standard InChI is InChI=1S/C17H28N4O5S/c1-14(22)18-15-4-6-17(7-5-15)26-13-16(23)12-20-8-10-21(11-9-20)27(24,25)19(2)3/h4-7,16,23H,8-13H2,1-3H3,(H,18,22). The molecular formula is C17H28N4O5S. The SMILES string of the molecule is CC(=O)Nc1ccc(OCC(O)CN2CCN(S(=O)(=O)N(C)C)CC2)cc1. The Bertz CT molecular complexity index is 715. The summed E-state index contributed by atoms with van der Waals surface area (Å²) in [6.45, 7) is 3.93. The molecule has 9 nitrogen and oxygen atoms in total. The zero-order valence-electron chi connectivity index (χ0n) is 16.0. The molecule has 0 radical (unpaired) electrons. The number of amides is 1. The van der Waals surface area contributed by atoms with Gasteiger partial charge in [0.15, 0.2) is 0 Å². The quantitative estimate of drug-likeness (QED) is 0.627. The van der Waals surface area contributed by atoms with E-state index in [0.717, 1.165) is 0 Å². The van der Waals surface area contributed by atoms with Crippen LogP contribution >= 0.6 is 0 Å². The van der Waals surface area contributed by atoms with Crippen molar-refractivity contribution < 1.29 is 23.1 Å². The molecule has 27 heavy (non-hydrogen) atoms. The summed E-state index contributed by atoms with van der Waals surface area (Å²) in [6.07, 6.45) is -0.683. The number of anilines is 1. The summed E-state index contributed by atoms with van der Waals surface area (Å²) in [5, 5.41) is 12.9. The van der Waals surface area contributed by atoms with E-state index in [2.05, 4.69) is 5.32 Å². The summed E-state index contributed by atoms with van der Waals surface area (Å²) < 4.78 is 32.4. The van der Waals surface area contributed by atoms with Crippen LogP contribution in [-0.4, -0.2) is 92.5 Å². The van der Waals surface area contributed by atoms with Crippen molar-refractivity contribution in [3.8, 4) is 5.75 Å². The van der Waals surface area contributed by atoms with Gasteiger partial charge in [0, 0.05) is 59.4 Å². The second kappa shape index (κ2) is 9.47. The van der Waals surface area contributed by atoms with Crippen molar-refractivity contribution in [2.75, 3.05) is 58.7 Å². The monoisotopic (exact) mass is 400 g/mol. The van der Waals surface area contributed by atoms with Crippen molar-refractivity contribution in [3.05, 3.63) is 24.3 Å². The number of hydrogen-bond donors (Lipinski definition) is 2. The van der Waals surface area contributed by atoms with Crippen molar-refractivity contribution in [1.29, 1.82) is 0 Å². The third-order valence-electron chi connectivity index (χ3n) is 4.21. The third-order valence-corrected chi connectivity index (χ3v) is 6.15. The summed E-state index contributed by atoms with van der Waals surface area (Å²) in [7, 11) is -0.344. The zero-order chi connectivity index (χ0) is 20.0. The minimum Gasteiger partial charge on any atom is -0.491 e. The van der Waals surface area contributed by atoms with Gasteiger partial charge in [-0.15, -0.1) is 0 Å². The van der Waals surface area contributed by atoms with Gasteiger partial charge in [0.2, 0.25) is 5.91 Å². The Hall–Kier alpha value is -1.72. The number of carbonyl (C=O) groups excluding carboxylic acids is 1. The number of nitrogens with zero attached hydrogens (tertiary/aromatic N) is 3. The van der Waals surface area contributed by atoms with Gasteiger partial charge in [0.05, 0.1) is 0 Å². The van der Waals surface area contributed by atoms with E-state index in [1.54, 1.807) is 24.3 Å². The molecule has 0 aliphatic carbocycles. The number of carbonyl (C=O) groups is 1. The van der Waals surface area contributed by atoms with Crippen LogP contribution in [0.25, 0.3) is 0 Å². The Morgan fingerprint density at radius 2 is 1.81 bits per heavy atom. The Balaban J connectivity index is 1.74. The van der Waals surface area contributed by atoms with Gasteiger partial charge in [0.1, 0.15) is 18.5 Å². The molecule has 0 spiro atoms. The van der Waals surface area contributed by atoms with E-state index in [0.29, 0.717) is 44.2 Å². The van der Waals surface area contributed by atoms with Crippen LogP contribution in [0.3, 0.4) is 0 Å². The van der Waals surface area contributed by atoms with E-state index >= 15 is 0 Å². The van der Waals surface area contributed by atoms with Crippen molar-refractivity contribution in [1.82, 2.24) is 13.5 Å². The minimum absolute atomic E-state index is 0.135. The van der Waals surface area contributed by atoms with E-state index in [9.17, 15) is 18.3 Å². The Morgan fingerprint density at radius 3 is 2.33 bits per heavy atom. The molecule has 0 saturated carbocycles. The molecule has 1 heterocycles. The maximum absolute atomic E-state index is 12.1. The normalized spacial score (nSPS) is 17.7. The predicted molar refractivity (Wildman–Crippen MR) is 103 cm³/mol. The van der Waals surface area contributed by atoms with Gasteiger partial charge in [-0.2, -0.15) is 17.0 Å². The van der Waals surface area contributed by atoms with Gasteiger partial charge in [-0.3, -0.25) is 9.69 Å². The van der Waals surface area contributed by atoms with Crippen molar-refractivity contribution in [2.45, 2.75) is 13.0 Å². The molecule has 1 saturated heterocycles.